The monoisotopic (exact) mass is 340 g/mol. The van der Waals surface area contributed by atoms with Gasteiger partial charge in [0.1, 0.15) is 11.6 Å². The van der Waals surface area contributed by atoms with Crippen LogP contribution in [0.2, 0.25) is 0 Å². The van der Waals surface area contributed by atoms with Crippen molar-refractivity contribution in [2.75, 3.05) is 25.9 Å². The molecule has 0 radical (unpaired) electrons. The van der Waals surface area contributed by atoms with E-state index in [0.29, 0.717) is 18.4 Å². The molecule has 1 aromatic heterocycles. The minimum atomic E-state index is -0.503. The second kappa shape index (κ2) is 6.32. The Morgan fingerprint density at radius 2 is 2.13 bits per heavy atom. The van der Waals surface area contributed by atoms with Crippen LogP contribution in [0.5, 0.6) is 0 Å². The minimum Gasteiger partial charge on any atom is -0.444 e. The molecule has 3 heterocycles. The molecule has 2 fully saturated rings. The number of likely N-dealkylation sites (tertiary alicyclic amines) is 1. The highest BCUT2D eigenvalue weighted by Gasteiger charge is 2.38. The zero-order chi connectivity index (χ0) is 16.6. The lowest BCUT2D eigenvalue weighted by Gasteiger charge is -2.35. The van der Waals surface area contributed by atoms with E-state index >= 15 is 0 Å². The van der Waals surface area contributed by atoms with Crippen LogP contribution in [0.15, 0.2) is 4.52 Å². The number of hydrogen-bond acceptors (Lipinski definition) is 7. The van der Waals surface area contributed by atoms with Gasteiger partial charge in [-0.2, -0.15) is 4.98 Å². The Morgan fingerprint density at radius 1 is 1.39 bits per heavy atom. The summed E-state index contributed by atoms with van der Waals surface area (Å²) in [5.41, 5.74) is -0.503. The third-order valence-electron chi connectivity index (χ3n) is 4.09. The first-order chi connectivity index (χ1) is 10.9. The molecule has 1 aromatic rings. The fourth-order valence-corrected chi connectivity index (χ4v) is 3.52. The van der Waals surface area contributed by atoms with Crippen LogP contribution in [0.25, 0.3) is 0 Å². The van der Waals surface area contributed by atoms with Gasteiger partial charge in [-0.1, -0.05) is 17.1 Å². The quantitative estimate of drug-likeness (QED) is 0.783. The number of amides is 1. The molecule has 7 nitrogen and oxygen atoms in total. The number of carbonyl (C=O) groups is 1. The lowest BCUT2D eigenvalue weighted by Crippen LogP contribution is -2.40. The zero-order valence-electron chi connectivity index (χ0n) is 14.1. The fraction of sp³-hybridized carbons (Fsp3) is 0.800. The largest absolute Gasteiger partial charge is 0.444 e. The van der Waals surface area contributed by atoms with Crippen molar-refractivity contribution in [2.45, 2.75) is 51.2 Å². The van der Waals surface area contributed by atoms with E-state index < -0.39 is 5.60 Å². The summed E-state index contributed by atoms with van der Waals surface area (Å²) in [7, 11) is 0. The fourth-order valence-electron chi connectivity index (χ4n) is 2.86. The maximum absolute atomic E-state index is 12.3. The smallest absolute Gasteiger partial charge is 0.410 e. The average Bonchev–Trinajstić information content (AvgIpc) is 3.03. The molecule has 0 unspecified atom stereocenters. The summed E-state index contributed by atoms with van der Waals surface area (Å²) in [6.45, 7) is 8.17. The Bertz CT molecular complexity index is 565. The molecule has 1 atom stereocenters. The summed E-state index contributed by atoms with van der Waals surface area (Å²) < 4.78 is 13.2. The van der Waals surface area contributed by atoms with Gasteiger partial charge in [-0.05, 0) is 39.9 Å². The van der Waals surface area contributed by atoms with Crippen molar-refractivity contribution in [1.82, 2.24) is 19.3 Å². The highest BCUT2D eigenvalue weighted by molar-refractivity contribution is 7.96. The number of hydrogen-bond donors (Lipinski definition) is 0. The third-order valence-corrected chi connectivity index (χ3v) is 4.91. The zero-order valence-corrected chi connectivity index (χ0v) is 14.9. The number of rotatable bonds is 3. The molecule has 128 valence electrons. The minimum absolute atomic E-state index is 0.164. The molecule has 2 saturated heterocycles. The predicted octanol–water partition coefficient (Wildman–Crippen LogP) is 2.82. The summed E-state index contributed by atoms with van der Waals surface area (Å²) >= 11 is 1.73. The lowest BCUT2D eigenvalue weighted by molar-refractivity contribution is 0.0199. The van der Waals surface area contributed by atoms with Crippen molar-refractivity contribution in [3.8, 4) is 0 Å². The van der Waals surface area contributed by atoms with E-state index in [1.54, 1.807) is 16.8 Å². The van der Waals surface area contributed by atoms with Crippen LogP contribution >= 0.6 is 11.9 Å². The summed E-state index contributed by atoms with van der Waals surface area (Å²) in [5, 5.41) is 4.12. The third kappa shape index (κ3) is 3.63. The Morgan fingerprint density at radius 3 is 2.78 bits per heavy atom. The van der Waals surface area contributed by atoms with E-state index in [1.165, 1.54) is 0 Å². The van der Waals surface area contributed by atoms with Gasteiger partial charge in [0.05, 0.1) is 0 Å². The van der Waals surface area contributed by atoms with E-state index in [2.05, 4.69) is 20.7 Å². The van der Waals surface area contributed by atoms with Crippen LogP contribution in [0, 0.1) is 0 Å². The highest BCUT2D eigenvalue weighted by Crippen LogP contribution is 2.34. The molecule has 1 amide bonds. The van der Waals surface area contributed by atoms with Crippen molar-refractivity contribution in [3.05, 3.63) is 11.7 Å². The van der Waals surface area contributed by atoms with Gasteiger partial charge in [0, 0.05) is 25.6 Å². The normalized spacial score (nSPS) is 23.1. The van der Waals surface area contributed by atoms with E-state index in [1.807, 2.05) is 20.8 Å². The van der Waals surface area contributed by atoms with Crippen LogP contribution in [0.3, 0.4) is 0 Å². The van der Waals surface area contributed by atoms with E-state index in [0.717, 1.165) is 31.8 Å². The molecule has 23 heavy (non-hydrogen) atoms. The molecule has 8 heteroatoms. The van der Waals surface area contributed by atoms with Gasteiger partial charge in [-0.15, -0.1) is 0 Å². The Kier molecular flexibility index (Phi) is 4.55. The second-order valence-corrected chi connectivity index (χ2v) is 7.93. The Balaban J connectivity index is 1.66. The molecule has 2 aliphatic heterocycles. The van der Waals surface area contributed by atoms with Crippen LogP contribution in [-0.2, 0) is 4.74 Å². The molecule has 0 N–H and O–H groups in total. The second-order valence-electron chi connectivity index (χ2n) is 7.05. The van der Waals surface area contributed by atoms with Crippen molar-refractivity contribution in [3.63, 3.8) is 0 Å². The van der Waals surface area contributed by atoms with Crippen molar-refractivity contribution in [2.24, 2.45) is 0 Å². The molecule has 3 rings (SSSR count). The van der Waals surface area contributed by atoms with Crippen molar-refractivity contribution >= 4 is 18.0 Å². The summed E-state index contributed by atoms with van der Waals surface area (Å²) in [6, 6.07) is -0.164. The van der Waals surface area contributed by atoms with Gasteiger partial charge in [0.25, 0.3) is 0 Å². The van der Waals surface area contributed by atoms with Crippen molar-refractivity contribution < 1.29 is 14.1 Å². The Hall–Kier alpha value is -1.28. The number of nitrogens with zero attached hydrogens (tertiary/aromatic N) is 4. The number of carbonyl (C=O) groups excluding carboxylic acids is 1. The topological polar surface area (TPSA) is 71.7 Å². The van der Waals surface area contributed by atoms with Gasteiger partial charge in [-0.3, -0.25) is 4.90 Å². The first kappa shape index (κ1) is 16.6. The molecule has 0 saturated carbocycles. The molecule has 2 aliphatic rings. The maximum atomic E-state index is 12.3. The molecular formula is C15H24N4O3S. The summed E-state index contributed by atoms with van der Waals surface area (Å²) in [6.07, 6.45) is 3.51. The number of ether oxygens (including phenoxy) is 1. The SMILES string of the molecule is CSN1CC(c2noc([C@@H]3CCCN3C(=O)OC(C)(C)C)n2)C1. The van der Waals surface area contributed by atoms with Gasteiger partial charge in [0.2, 0.25) is 5.89 Å². The van der Waals surface area contributed by atoms with Crippen LogP contribution in [0.1, 0.15) is 57.3 Å². The molecular weight excluding hydrogens is 316 g/mol. The first-order valence-corrected chi connectivity index (χ1v) is 9.17. The van der Waals surface area contributed by atoms with Crippen LogP contribution < -0.4 is 0 Å². The summed E-state index contributed by atoms with van der Waals surface area (Å²) in [4.78, 5) is 18.6. The lowest BCUT2D eigenvalue weighted by atomic mass is 10.0. The van der Waals surface area contributed by atoms with E-state index in [4.69, 9.17) is 9.26 Å². The molecule has 0 aliphatic carbocycles. The average molecular weight is 340 g/mol. The summed E-state index contributed by atoms with van der Waals surface area (Å²) in [5.74, 6) is 1.61. The van der Waals surface area contributed by atoms with Gasteiger partial charge >= 0.3 is 6.09 Å². The van der Waals surface area contributed by atoms with Crippen LogP contribution in [-0.4, -0.2) is 56.9 Å². The molecule has 0 spiro atoms. The first-order valence-electron chi connectivity index (χ1n) is 7.99. The van der Waals surface area contributed by atoms with E-state index in [-0.39, 0.29) is 12.1 Å². The molecule has 0 bridgehead atoms. The predicted molar refractivity (Wildman–Crippen MR) is 87.0 cm³/mol. The molecule has 0 aromatic carbocycles. The number of aromatic nitrogens is 2. The Labute approximate surface area is 140 Å². The maximum Gasteiger partial charge on any atom is 0.410 e. The van der Waals surface area contributed by atoms with Crippen molar-refractivity contribution in [1.29, 1.82) is 0 Å². The van der Waals surface area contributed by atoms with E-state index in [9.17, 15) is 4.79 Å². The standard InChI is InChI=1S/C15H24N4O3S/c1-15(2,3)21-14(20)19-7-5-6-11(19)13-16-12(17-22-13)10-8-18(9-10)23-4/h10-11H,5-9H2,1-4H3/t11-/m0/s1. The van der Waals surface area contributed by atoms with Gasteiger partial charge in [-0.25, -0.2) is 9.10 Å². The highest BCUT2D eigenvalue weighted by atomic mass is 32.2. The van der Waals surface area contributed by atoms with Gasteiger partial charge < -0.3 is 9.26 Å². The van der Waals surface area contributed by atoms with Gasteiger partial charge in [0.15, 0.2) is 5.82 Å². The van der Waals surface area contributed by atoms with Crippen LogP contribution in [0.4, 0.5) is 4.79 Å².